The van der Waals surface area contributed by atoms with E-state index in [1.165, 1.54) is 12.0 Å². The van der Waals surface area contributed by atoms with Crippen LogP contribution in [0.5, 0.6) is 0 Å². The first-order valence-electron chi connectivity index (χ1n) is 7.22. The highest BCUT2D eigenvalue weighted by Crippen LogP contribution is 2.27. The van der Waals surface area contributed by atoms with Crippen molar-refractivity contribution in [3.05, 3.63) is 35.9 Å². The van der Waals surface area contributed by atoms with Crippen molar-refractivity contribution in [3.63, 3.8) is 0 Å². The lowest BCUT2D eigenvalue weighted by Gasteiger charge is -2.41. The predicted octanol–water partition coefficient (Wildman–Crippen LogP) is 2.30. The Bertz CT molecular complexity index is 368. The van der Waals surface area contributed by atoms with Gasteiger partial charge in [0.2, 0.25) is 0 Å². The summed E-state index contributed by atoms with van der Waals surface area (Å²) >= 11 is 0. The molecule has 0 amide bonds. The number of hydrogen-bond acceptors (Lipinski definition) is 3. The van der Waals surface area contributed by atoms with Crippen molar-refractivity contribution in [1.82, 2.24) is 10.2 Å². The normalized spacial score (nSPS) is 26.3. The highest BCUT2D eigenvalue weighted by atomic mass is 16.5. The number of likely N-dealkylation sites (N-methyl/N-ethyl adjacent to an activating group) is 1. The van der Waals surface area contributed by atoms with Crippen LogP contribution in [-0.4, -0.2) is 44.8 Å². The number of nitrogens with one attached hydrogen (secondary N) is 1. The van der Waals surface area contributed by atoms with Gasteiger partial charge in [-0.25, -0.2) is 0 Å². The molecule has 1 saturated heterocycles. The molecule has 19 heavy (non-hydrogen) atoms. The quantitative estimate of drug-likeness (QED) is 0.881. The average Bonchev–Trinajstić information content (AvgIpc) is 2.46. The molecule has 3 atom stereocenters. The first-order chi connectivity index (χ1) is 9.26. The lowest BCUT2D eigenvalue weighted by atomic mass is 9.93. The third kappa shape index (κ3) is 3.56. The molecule has 2 rings (SSSR count). The van der Waals surface area contributed by atoms with Crippen molar-refractivity contribution in [1.29, 1.82) is 0 Å². The summed E-state index contributed by atoms with van der Waals surface area (Å²) in [5.41, 5.74) is 1.39. The van der Waals surface area contributed by atoms with Gasteiger partial charge in [0.05, 0.1) is 6.10 Å². The second-order valence-electron chi connectivity index (χ2n) is 5.52. The third-order valence-electron chi connectivity index (χ3n) is 4.25. The van der Waals surface area contributed by atoms with E-state index >= 15 is 0 Å². The highest BCUT2D eigenvalue weighted by molar-refractivity contribution is 5.19. The molecule has 0 aliphatic carbocycles. The molecule has 1 aliphatic rings. The van der Waals surface area contributed by atoms with Crippen LogP contribution in [0, 0.1) is 5.92 Å². The maximum absolute atomic E-state index is 5.64. The molecule has 1 fully saturated rings. The van der Waals surface area contributed by atoms with Gasteiger partial charge in [-0.15, -0.1) is 0 Å². The molecule has 0 spiro atoms. The average molecular weight is 262 g/mol. The Morgan fingerprint density at radius 1 is 1.37 bits per heavy atom. The van der Waals surface area contributed by atoms with Crippen molar-refractivity contribution >= 4 is 0 Å². The van der Waals surface area contributed by atoms with Crippen LogP contribution in [0.2, 0.25) is 0 Å². The summed E-state index contributed by atoms with van der Waals surface area (Å²) in [6, 6.07) is 11.2. The van der Waals surface area contributed by atoms with E-state index in [4.69, 9.17) is 4.74 Å². The fourth-order valence-electron chi connectivity index (χ4n) is 2.97. The first-order valence-corrected chi connectivity index (χ1v) is 7.22. The first kappa shape index (κ1) is 14.5. The number of benzene rings is 1. The number of piperidine rings is 1. The minimum atomic E-state index is 0.358. The van der Waals surface area contributed by atoms with Crippen LogP contribution < -0.4 is 5.32 Å². The van der Waals surface area contributed by atoms with Gasteiger partial charge in [0, 0.05) is 26.2 Å². The van der Waals surface area contributed by atoms with Gasteiger partial charge in [-0.05, 0) is 31.5 Å². The Morgan fingerprint density at radius 3 is 2.74 bits per heavy atom. The highest BCUT2D eigenvalue weighted by Gasteiger charge is 2.30. The van der Waals surface area contributed by atoms with Crippen molar-refractivity contribution in [2.24, 2.45) is 5.92 Å². The summed E-state index contributed by atoms with van der Waals surface area (Å²) in [5.74, 6) is 0.659. The molecule has 1 N–H and O–H groups in total. The Labute approximate surface area is 116 Å². The maximum atomic E-state index is 5.64. The molecule has 1 aromatic carbocycles. The Morgan fingerprint density at radius 2 is 2.11 bits per heavy atom. The summed E-state index contributed by atoms with van der Waals surface area (Å²) in [4.78, 5) is 2.56. The van der Waals surface area contributed by atoms with Crippen LogP contribution in [0.1, 0.15) is 24.9 Å². The molecule has 3 unspecified atom stereocenters. The molecule has 1 aliphatic heterocycles. The zero-order valence-electron chi connectivity index (χ0n) is 12.3. The molecule has 3 nitrogen and oxygen atoms in total. The Balaban J connectivity index is 2.11. The SMILES string of the molecule is CNCC(c1ccccc1)N1CCC(C)C(OC)C1. The molecule has 0 saturated carbocycles. The van der Waals surface area contributed by atoms with Gasteiger partial charge < -0.3 is 10.1 Å². The fraction of sp³-hybridized carbons (Fsp3) is 0.625. The van der Waals surface area contributed by atoms with Crippen LogP contribution in [0.3, 0.4) is 0 Å². The maximum Gasteiger partial charge on any atom is 0.0724 e. The van der Waals surface area contributed by atoms with Crippen molar-refractivity contribution < 1.29 is 4.74 Å². The summed E-state index contributed by atoms with van der Waals surface area (Å²) in [6.07, 6.45) is 1.57. The lowest BCUT2D eigenvalue weighted by molar-refractivity contribution is -0.0191. The van der Waals surface area contributed by atoms with Gasteiger partial charge in [-0.2, -0.15) is 0 Å². The standard InChI is InChI=1S/C16H26N2O/c1-13-9-10-18(12-16(13)19-3)15(11-17-2)14-7-5-4-6-8-14/h4-8,13,15-17H,9-12H2,1-3H3. The summed E-state index contributed by atoms with van der Waals surface area (Å²) < 4.78 is 5.64. The smallest absolute Gasteiger partial charge is 0.0724 e. The molecule has 1 heterocycles. The van der Waals surface area contributed by atoms with Crippen LogP contribution in [-0.2, 0) is 4.74 Å². The Kier molecular flexibility index (Phi) is 5.37. The Hall–Kier alpha value is -0.900. The predicted molar refractivity (Wildman–Crippen MR) is 79.3 cm³/mol. The van der Waals surface area contributed by atoms with Crippen LogP contribution >= 0.6 is 0 Å². The van der Waals surface area contributed by atoms with E-state index in [0.29, 0.717) is 18.1 Å². The zero-order valence-corrected chi connectivity index (χ0v) is 12.3. The number of nitrogens with zero attached hydrogens (tertiary/aromatic N) is 1. The third-order valence-corrected chi connectivity index (χ3v) is 4.25. The summed E-state index contributed by atoms with van der Waals surface area (Å²) in [6.45, 7) is 5.46. The van der Waals surface area contributed by atoms with Gasteiger partial charge >= 0.3 is 0 Å². The van der Waals surface area contributed by atoms with Gasteiger partial charge in [0.25, 0.3) is 0 Å². The van der Waals surface area contributed by atoms with Gasteiger partial charge in [0.15, 0.2) is 0 Å². The second kappa shape index (κ2) is 7.04. The van der Waals surface area contributed by atoms with Crippen LogP contribution in [0.25, 0.3) is 0 Å². The molecule has 3 heteroatoms. The minimum absolute atomic E-state index is 0.358. The summed E-state index contributed by atoms with van der Waals surface area (Å²) in [5, 5.41) is 3.33. The molecule has 106 valence electrons. The molecular formula is C16H26N2O. The zero-order chi connectivity index (χ0) is 13.7. The van der Waals surface area contributed by atoms with E-state index in [2.05, 4.69) is 47.5 Å². The topological polar surface area (TPSA) is 24.5 Å². The molecule has 0 radical (unpaired) electrons. The van der Waals surface area contributed by atoms with Crippen molar-refractivity contribution in [2.45, 2.75) is 25.5 Å². The largest absolute Gasteiger partial charge is 0.380 e. The second-order valence-corrected chi connectivity index (χ2v) is 5.52. The van der Waals surface area contributed by atoms with Gasteiger partial charge in [0.1, 0.15) is 0 Å². The van der Waals surface area contributed by atoms with Crippen molar-refractivity contribution in [2.75, 3.05) is 33.8 Å². The van der Waals surface area contributed by atoms with Crippen LogP contribution in [0.15, 0.2) is 30.3 Å². The minimum Gasteiger partial charge on any atom is -0.380 e. The number of likely N-dealkylation sites (tertiary alicyclic amines) is 1. The van der Waals surface area contributed by atoms with E-state index in [1.807, 2.05) is 14.2 Å². The van der Waals surface area contributed by atoms with E-state index in [1.54, 1.807) is 0 Å². The van der Waals surface area contributed by atoms with Crippen LogP contribution in [0.4, 0.5) is 0 Å². The van der Waals surface area contributed by atoms with E-state index in [9.17, 15) is 0 Å². The molecule has 0 aromatic heterocycles. The van der Waals surface area contributed by atoms with E-state index in [-0.39, 0.29) is 0 Å². The summed E-state index contributed by atoms with van der Waals surface area (Å²) in [7, 11) is 3.86. The molecular weight excluding hydrogens is 236 g/mol. The van der Waals surface area contributed by atoms with E-state index in [0.717, 1.165) is 19.6 Å². The number of ether oxygens (including phenoxy) is 1. The van der Waals surface area contributed by atoms with E-state index < -0.39 is 0 Å². The monoisotopic (exact) mass is 262 g/mol. The number of hydrogen-bond donors (Lipinski definition) is 1. The number of methoxy groups -OCH3 is 1. The fourth-order valence-corrected chi connectivity index (χ4v) is 2.97. The number of rotatable bonds is 5. The van der Waals surface area contributed by atoms with Gasteiger partial charge in [-0.3, -0.25) is 4.90 Å². The van der Waals surface area contributed by atoms with Gasteiger partial charge in [-0.1, -0.05) is 37.3 Å². The molecule has 1 aromatic rings. The van der Waals surface area contributed by atoms with Crippen molar-refractivity contribution in [3.8, 4) is 0 Å². The molecule has 0 bridgehead atoms. The lowest BCUT2D eigenvalue weighted by Crippen LogP contribution is -2.47.